The van der Waals surface area contributed by atoms with Crippen molar-refractivity contribution >= 4 is 11.6 Å². The maximum atomic E-state index is 5.80. The largest absolute Gasteiger partial charge is 0.265 e. The molecule has 0 fully saturated rings. The summed E-state index contributed by atoms with van der Waals surface area (Å²) in [5.41, 5.74) is 3.08. The molecule has 0 aliphatic rings. The lowest BCUT2D eigenvalue weighted by molar-refractivity contribution is 1.17. The first-order valence-electron chi connectivity index (χ1n) is 4.32. The minimum Gasteiger partial charge on any atom is -0.265 e. The second kappa shape index (κ2) is 4.20. The molecule has 0 unspecified atom stereocenters. The maximum Gasteiger partial charge on any atom is 0.0653 e. The fourth-order valence-corrected chi connectivity index (χ4v) is 1.55. The lowest BCUT2D eigenvalue weighted by Crippen LogP contribution is -1.89. The molecule has 0 spiro atoms. The molecular formula is C11H9ClN2. The minimum absolute atomic E-state index is 0.429. The predicted octanol–water partition coefficient (Wildman–Crippen LogP) is 2.88. The highest BCUT2D eigenvalue weighted by Gasteiger charge is 2.03. The van der Waals surface area contributed by atoms with Crippen LogP contribution in [0, 0.1) is 0 Å². The van der Waals surface area contributed by atoms with E-state index in [1.165, 1.54) is 0 Å². The number of nitrogens with zero attached hydrogens (tertiary/aromatic N) is 2. The molecular weight excluding hydrogens is 196 g/mol. The van der Waals surface area contributed by atoms with Crippen LogP contribution in [0.1, 0.15) is 5.69 Å². The van der Waals surface area contributed by atoms with Gasteiger partial charge in [0.1, 0.15) is 0 Å². The van der Waals surface area contributed by atoms with Crippen LogP contribution in [0.15, 0.2) is 42.9 Å². The molecule has 2 aromatic heterocycles. The average molecular weight is 205 g/mol. The van der Waals surface area contributed by atoms with E-state index >= 15 is 0 Å². The van der Waals surface area contributed by atoms with Crippen molar-refractivity contribution in [3.8, 4) is 11.1 Å². The molecule has 2 rings (SSSR count). The second-order valence-electron chi connectivity index (χ2n) is 2.87. The van der Waals surface area contributed by atoms with Gasteiger partial charge in [0.2, 0.25) is 0 Å². The smallest absolute Gasteiger partial charge is 0.0653 e. The fourth-order valence-electron chi connectivity index (χ4n) is 1.34. The van der Waals surface area contributed by atoms with Gasteiger partial charge in [-0.2, -0.15) is 0 Å². The van der Waals surface area contributed by atoms with Crippen LogP contribution in [0.2, 0.25) is 0 Å². The van der Waals surface area contributed by atoms with Gasteiger partial charge in [0.15, 0.2) is 0 Å². The summed E-state index contributed by atoms with van der Waals surface area (Å²) >= 11 is 5.80. The number of halogens is 1. The Hall–Kier alpha value is -1.41. The lowest BCUT2D eigenvalue weighted by Gasteiger charge is -2.04. The molecule has 70 valence electrons. The first kappa shape index (κ1) is 9.16. The summed E-state index contributed by atoms with van der Waals surface area (Å²) in [6.07, 6.45) is 5.28. The van der Waals surface area contributed by atoms with Crippen LogP contribution >= 0.6 is 11.6 Å². The van der Waals surface area contributed by atoms with Gasteiger partial charge in [0, 0.05) is 24.2 Å². The number of alkyl halides is 1. The molecule has 0 radical (unpaired) electrons. The number of hydrogen-bond acceptors (Lipinski definition) is 2. The van der Waals surface area contributed by atoms with Gasteiger partial charge in [-0.25, -0.2) is 0 Å². The molecule has 0 aliphatic heterocycles. The average Bonchev–Trinajstić information content (AvgIpc) is 2.30. The first-order valence-corrected chi connectivity index (χ1v) is 4.85. The number of aromatic nitrogens is 2. The highest BCUT2D eigenvalue weighted by atomic mass is 35.5. The van der Waals surface area contributed by atoms with E-state index in [9.17, 15) is 0 Å². The fraction of sp³-hybridized carbons (Fsp3) is 0.0909. The van der Waals surface area contributed by atoms with Gasteiger partial charge in [0.25, 0.3) is 0 Å². The van der Waals surface area contributed by atoms with Gasteiger partial charge in [-0.1, -0.05) is 6.07 Å². The van der Waals surface area contributed by atoms with E-state index in [2.05, 4.69) is 9.97 Å². The SMILES string of the molecule is ClCc1ncccc1-c1ccncc1. The Balaban J connectivity index is 2.51. The molecule has 2 heterocycles. The third-order valence-electron chi connectivity index (χ3n) is 2.01. The number of rotatable bonds is 2. The van der Waals surface area contributed by atoms with Gasteiger partial charge < -0.3 is 0 Å². The molecule has 0 saturated carbocycles. The lowest BCUT2D eigenvalue weighted by atomic mass is 10.1. The van der Waals surface area contributed by atoms with Crippen molar-refractivity contribution in [3.05, 3.63) is 48.5 Å². The van der Waals surface area contributed by atoms with Gasteiger partial charge in [-0.3, -0.25) is 9.97 Å². The van der Waals surface area contributed by atoms with E-state index in [-0.39, 0.29) is 0 Å². The van der Waals surface area contributed by atoms with E-state index in [0.717, 1.165) is 16.8 Å². The quantitative estimate of drug-likeness (QED) is 0.703. The third-order valence-corrected chi connectivity index (χ3v) is 2.26. The Morgan fingerprint density at radius 2 is 1.86 bits per heavy atom. The molecule has 2 aromatic rings. The molecule has 0 N–H and O–H groups in total. The van der Waals surface area contributed by atoms with Crippen LogP contribution in [0.3, 0.4) is 0 Å². The van der Waals surface area contributed by atoms with E-state index < -0.39 is 0 Å². The van der Waals surface area contributed by atoms with Crippen molar-refractivity contribution in [3.63, 3.8) is 0 Å². The predicted molar refractivity (Wildman–Crippen MR) is 57.0 cm³/mol. The van der Waals surface area contributed by atoms with E-state index in [4.69, 9.17) is 11.6 Å². The zero-order valence-corrected chi connectivity index (χ0v) is 8.28. The summed E-state index contributed by atoms with van der Waals surface area (Å²) in [5, 5.41) is 0. The third kappa shape index (κ3) is 1.75. The van der Waals surface area contributed by atoms with Crippen molar-refractivity contribution in [2.45, 2.75) is 5.88 Å². The van der Waals surface area contributed by atoms with Crippen LogP contribution < -0.4 is 0 Å². The zero-order chi connectivity index (χ0) is 9.80. The molecule has 0 aromatic carbocycles. The summed E-state index contributed by atoms with van der Waals surface area (Å²) in [7, 11) is 0. The number of pyridine rings is 2. The molecule has 2 nitrogen and oxygen atoms in total. The molecule has 3 heteroatoms. The van der Waals surface area contributed by atoms with Crippen molar-refractivity contribution in [1.29, 1.82) is 0 Å². The topological polar surface area (TPSA) is 25.8 Å². The Bertz CT molecular complexity index is 415. The standard InChI is InChI=1S/C11H9ClN2/c12-8-11-10(2-1-5-14-11)9-3-6-13-7-4-9/h1-7H,8H2. The summed E-state index contributed by atoms with van der Waals surface area (Å²) in [6, 6.07) is 7.83. The first-order chi connectivity index (χ1) is 6.92. The van der Waals surface area contributed by atoms with Crippen LogP contribution in [-0.4, -0.2) is 9.97 Å². The van der Waals surface area contributed by atoms with Gasteiger partial charge in [0.05, 0.1) is 11.6 Å². The normalized spacial score (nSPS) is 10.1. The van der Waals surface area contributed by atoms with Crippen molar-refractivity contribution < 1.29 is 0 Å². The molecule has 0 bridgehead atoms. The highest BCUT2D eigenvalue weighted by Crippen LogP contribution is 2.21. The van der Waals surface area contributed by atoms with Crippen LogP contribution in [0.4, 0.5) is 0 Å². The highest BCUT2D eigenvalue weighted by molar-refractivity contribution is 6.17. The molecule has 0 aliphatic carbocycles. The van der Waals surface area contributed by atoms with E-state index in [0.29, 0.717) is 5.88 Å². The summed E-state index contributed by atoms with van der Waals surface area (Å²) in [5.74, 6) is 0.429. The van der Waals surface area contributed by atoms with Crippen molar-refractivity contribution in [2.24, 2.45) is 0 Å². The monoisotopic (exact) mass is 204 g/mol. The number of hydrogen-bond donors (Lipinski definition) is 0. The zero-order valence-electron chi connectivity index (χ0n) is 7.52. The molecule has 14 heavy (non-hydrogen) atoms. The van der Waals surface area contributed by atoms with Crippen molar-refractivity contribution in [2.75, 3.05) is 0 Å². The summed E-state index contributed by atoms with van der Waals surface area (Å²) in [4.78, 5) is 8.19. The second-order valence-corrected chi connectivity index (χ2v) is 3.13. The van der Waals surface area contributed by atoms with Gasteiger partial charge in [-0.05, 0) is 23.8 Å². The Morgan fingerprint density at radius 1 is 1.07 bits per heavy atom. The van der Waals surface area contributed by atoms with E-state index in [1.807, 2.05) is 24.3 Å². The molecule has 0 amide bonds. The summed E-state index contributed by atoms with van der Waals surface area (Å²) < 4.78 is 0. The van der Waals surface area contributed by atoms with Crippen LogP contribution in [0.5, 0.6) is 0 Å². The Labute approximate surface area is 87.6 Å². The Morgan fingerprint density at radius 3 is 2.57 bits per heavy atom. The van der Waals surface area contributed by atoms with E-state index in [1.54, 1.807) is 18.6 Å². The van der Waals surface area contributed by atoms with Gasteiger partial charge in [-0.15, -0.1) is 11.6 Å². The summed E-state index contributed by atoms with van der Waals surface area (Å²) in [6.45, 7) is 0. The van der Waals surface area contributed by atoms with Crippen LogP contribution in [-0.2, 0) is 5.88 Å². The Kier molecular flexibility index (Phi) is 2.75. The van der Waals surface area contributed by atoms with Gasteiger partial charge >= 0.3 is 0 Å². The molecule has 0 saturated heterocycles. The van der Waals surface area contributed by atoms with Crippen LogP contribution in [0.25, 0.3) is 11.1 Å². The minimum atomic E-state index is 0.429. The maximum absolute atomic E-state index is 5.80. The molecule has 0 atom stereocenters. The van der Waals surface area contributed by atoms with Crippen molar-refractivity contribution in [1.82, 2.24) is 9.97 Å².